The van der Waals surface area contributed by atoms with Crippen molar-refractivity contribution >= 4 is 11.5 Å². The second kappa shape index (κ2) is 6.51. The van der Waals surface area contributed by atoms with Crippen molar-refractivity contribution in [2.24, 2.45) is 10.9 Å². The normalized spacial score (nSPS) is 12.3. The van der Waals surface area contributed by atoms with Crippen LogP contribution < -0.4 is 10.7 Å². The Kier molecular flexibility index (Phi) is 4.70. The van der Waals surface area contributed by atoms with Crippen molar-refractivity contribution in [3.8, 4) is 0 Å². The molecule has 2 aromatic carbocycles. The molecule has 3 nitrogen and oxygen atoms in total. The molecule has 22 heavy (non-hydrogen) atoms. The molecule has 0 heterocycles. The molecule has 2 rings (SSSR count). The van der Waals surface area contributed by atoms with Gasteiger partial charge in [0, 0.05) is 19.2 Å². The van der Waals surface area contributed by atoms with E-state index in [1.807, 2.05) is 30.3 Å². The van der Waals surface area contributed by atoms with E-state index < -0.39 is 11.7 Å². The molecule has 0 unspecified atom stereocenters. The van der Waals surface area contributed by atoms with Gasteiger partial charge in [0.15, 0.2) is 0 Å². The van der Waals surface area contributed by atoms with Crippen LogP contribution in [0.4, 0.5) is 18.9 Å². The lowest BCUT2D eigenvalue weighted by Gasteiger charge is -2.21. The molecule has 0 aliphatic carbocycles. The van der Waals surface area contributed by atoms with Crippen LogP contribution >= 0.6 is 0 Å². The first-order valence-corrected chi connectivity index (χ1v) is 6.63. The SMILES string of the molecule is CN(C(Cc1ccccc1)=NN)c1ccc(C(F)(F)F)cc1. The molecule has 6 heteroatoms. The summed E-state index contributed by atoms with van der Waals surface area (Å²) in [5, 5.41) is 3.75. The minimum absolute atomic E-state index is 0.495. The zero-order chi connectivity index (χ0) is 16.2. The van der Waals surface area contributed by atoms with Crippen molar-refractivity contribution in [3.05, 3.63) is 65.7 Å². The molecule has 0 aromatic heterocycles. The van der Waals surface area contributed by atoms with Gasteiger partial charge in [0.1, 0.15) is 5.84 Å². The number of hydrazone groups is 1. The zero-order valence-electron chi connectivity index (χ0n) is 12.0. The predicted molar refractivity (Wildman–Crippen MR) is 81.6 cm³/mol. The van der Waals surface area contributed by atoms with E-state index in [0.29, 0.717) is 17.9 Å². The number of amidine groups is 1. The zero-order valence-corrected chi connectivity index (χ0v) is 12.0. The molecule has 0 amide bonds. The van der Waals surface area contributed by atoms with Crippen LogP contribution in [-0.4, -0.2) is 12.9 Å². The molecule has 0 aliphatic rings. The number of hydrogen-bond donors (Lipinski definition) is 1. The van der Waals surface area contributed by atoms with Crippen LogP contribution in [0, 0.1) is 0 Å². The minimum Gasteiger partial charge on any atom is -0.331 e. The van der Waals surface area contributed by atoms with Gasteiger partial charge in [0.2, 0.25) is 0 Å². The summed E-state index contributed by atoms with van der Waals surface area (Å²) in [6.07, 6.45) is -3.85. The van der Waals surface area contributed by atoms with E-state index in [-0.39, 0.29) is 0 Å². The lowest BCUT2D eigenvalue weighted by molar-refractivity contribution is -0.137. The van der Waals surface area contributed by atoms with E-state index in [1.165, 1.54) is 12.1 Å². The Bertz CT molecular complexity index is 634. The van der Waals surface area contributed by atoms with Crippen LogP contribution in [-0.2, 0) is 12.6 Å². The molecule has 0 saturated carbocycles. The molecular weight excluding hydrogens is 291 g/mol. The summed E-state index contributed by atoms with van der Waals surface area (Å²) in [4.78, 5) is 1.67. The van der Waals surface area contributed by atoms with Crippen molar-refractivity contribution in [1.29, 1.82) is 0 Å². The quantitative estimate of drug-likeness (QED) is 0.407. The predicted octanol–water partition coefficient (Wildman–Crippen LogP) is 3.66. The first-order chi connectivity index (χ1) is 10.4. The molecule has 2 aromatic rings. The fourth-order valence-corrected chi connectivity index (χ4v) is 2.05. The maximum absolute atomic E-state index is 12.6. The lowest BCUT2D eigenvalue weighted by atomic mass is 10.1. The number of likely N-dealkylation sites (N-methyl/N-ethyl adjacent to an activating group) is 1. The summed E-state index contributed by atoms with van der Waals surface area (Å²) in [5.74, 6) is 5.99. The molecule has 0 atom stereocenters. The maximum Gasteiger partial charge on any atom is 0.416 e. The third-order valence-corrected chi connectivity index (χ3v) is 3.32. The van der Waals surface area contributed by atoms with Crippen LogP contribution in [0.2, 0.25) is 0 Å². The first-order valence-electron chi connectivity index (χ1n) is 6.63. The molecule has 0 bridgehead atoms. The molecule has 0 spiro atoms. The fraction of sp³-hybridized carbons (Fsp3) is 0.188. The van der Waals surface area contributed by atoms with Crippen LogP contribution in [0.3, 0.4) is 0 Å². The van der Waals surface area contributed by atoms with Crippen molar-refractivity contribution in [3.63, 3.8) is 0 Å². The van der Waals surface area contributed by atoms with Gasteiger partial charge in [0.25, 0.3) is 0 Å². The summed E-state index contributed by atoms with van der Waals surface area (Å²) < 4.78 is 37.7. The molecule has 0 aliphatic heterocycles. The third kappa shape index (κ3) is 3.78. The van der Waals surface area contributed by atoms with E-state index in [4.69, 9.17) is 5.84 Å². The van der Waals surface area contributed by atoms with E-state index in [9.17, 15) is 13.2 Å². The average molecular weight is 307 g/mol. The molecule has 0 saturated heterocycles. The van der Waals surface area contributed by atoms with E-state index in [1.54, 1.807) is 11.9 Å². The fourth-order valence-electron chi connectivity index (χ4n) is 2.05. The summed E-state index contributed by atoms with van der Waals surface area (Å²) in [6.45, 7) is 0. The summed E-state index contributed by atoms with van der Waals surface area (Å²) in [6, 6.07) is 14.5. The number of benzene rings is 2. The molecule has 0 fully saturated rings. The number of rotatable bonds is 3. The Morgan fingerprint density at radius 1 is 1.05 bits per heavy atom. The Morgan fingerprint density at radius 3 is 2.14 bits per heavy atom. The van der Waals surface area contributed by atoms with Crippen LogP contribution in [0.5, 0.6) is 0 Å². The Morgan fingerprint density at radius 2 is 1.64 bits per heavy atom. The molecule has 2 N–H and O–H groups in total. The van der Waals surface area contributed by atoms with Crippen LogP contribution in [0.15, 0.2) is 59.7 Å². The van der Waals surface area contributed by atoms with Gasteiger partial charge < -0.3 is 10.7 Å². The number of halogens is 3. The van der Waals surface area contributed by atoms with Crippen molar-refractivity contribution < 1.29 is 13.2 Å². The largest absolute Gasteiger partial charge is 0.416 e. The highest BCUT2D eigenvalue weighted by molar-refractivity contribution is 5.98. The van der Waals surface area contributed by atoms with Gasteiger partial charge in [-0.3, -0.25) is 0 Å². The van der Waals surface area contributed by atoms with Crippen LogP contribution in [0.1, 0.15) is 11.1 Å². The average Bonchev–Trinajstić information content (AvgIpc) is 2.52. The van der Waals surface area contributed by atoms with Crippen molar-refractivity contribution in [2.45, 2.75) is 12.6 Å². The number of hydrogen-bond acceptors (Lipinski definition) is 2. The number of anilines is 1. The van der Waals surface area contributed by atoms with Gasteiger partial charge in [-0.2, -0.15) is 18.3 Å². The van der Waals surface area contributed by atoms with Gasteiger partial charge in [-0.15, -0.1) is 0 Å². The Balaban J connectivity index is 2.17. The van der Waals surface area contributed by atoms with E-state index in [0.717, 1.165) is 17.7 Å². The molecule has 0 radical (unpaired) electrons. The van der Waals surface area contributed by atoms with Crippen molar-refractivity contribution in [2.75, 3.05) is 11.9 Å². The smallest absolute Gasteiger partial charge is 0.331 e. The standard InChI is InChI=1S/C16H16F3N3/c1-22(14-9-7-13(8-10-14)16(17,18)19)15(21-20)11-12-5-3-2-4-6-12/h2-10H,11,20H2,1H3. The summed E-state index contributed by atoms with van der Waals surface area (Å²) in [5.41, 5.74) is 0.928. The topological polar surface area (TPSA) is 41.6 Å². The first kappa shape index (κ1) is 15.9. The second-order valence-electron chi connectivity index (χ2n) is 4.81. The monoisotopic (exact) mass is 307 g/mol. The number of nitrogens with two attached hydrogens (primary N) is 1. The van der Waals surface area contributed by atoms with Crippen molar-refractivity contribution in [1.82, 2.24) is 0 Å². The summed E-state index contributed by atoms with van der Waals surface area (Å²) in [7, 11) is 1.72. The minimum atomic E-state index is -4.34. The second-order valence-corrected chi connectivity index (χ2v) is 4.81. The third-order valence-electron chi connectivity index (χ3n) is 3.32. The van der Waals surface area contributed by atoms with Gasteiger partial charge in [-0.25, -0.2) is 0 Å². The summed E-state index contributed by atoms with van der Waals surface area (Å²) >= 11 is 0. The highest BCUT2D eigenvalue weighted by Crippen LogP contribution is 2.30. The van der Waals surface area contributed by atoms with Gasteiger partial charge >= 0.3 is 6.18 Å². The van der Waals surface area contributed by atoms with E-state index in [2.05, 4.69) is 5.10 Å². The van der Waals surface area contributed by atoms with Gasteiger partial charge in [-0.05, 0) is 29.8 Å². The van der Waals surface area contributed by atoms with Gasteiger partial charge in [0.05, 0.1) is 5.56 Å². The molecule has 116 valence electrons. The Hall–Kier alpha value is -2.50. The number of nitrogens with zero attached hydrogens (tertiary/aromatic N) is 2. The Labute approximate surface area is 126 Å². The molecular formula is C16H16F3N3. The van der Waals surface area contributed by atoms with E-state index >= 15 is 0 Å². The highest BCUT2D eigenvalue weighted by Gasteiger charge is 2.30. The maximum atomic E-state index is 12.6. The highest BCUT2D eigenvalue weighted by atomic mass is 19.4. The lowest BCUT2D eigenvalue weighted by Crippen LogP contribution is -2.29. The van der Waals surface area contributed by atoms with Crippen LogP contribution in [0.25, 0.3) is 0 Å². The van der Waals surface area contributed by atoms with Gasteiger partial charge in [-0.1, -0.05) is 30.3 Å². The number of alkyl halides is 3.